The van der Waals surface area contributed by atoms with Crippen LogP contribution in [0.2, 0.25) is 0 Å². The molecule has 0 fully saturated rings. The van der Waals surface area contributed by atoms with Crippen LogP contribution in [-0.2, 0) is 9.47 Å². The van der Waals surface area contributed by atoms with E-state index in [2.05, 4.69) is 20.0 Å². The second-order valence-corrected chi connectivity index (χ2v) is 3.60. The Kier molecular flexibility index (Phi) is 6.07. The van der Waals surface area contributed by atoms with E-state index in [0.29, 0.717) is 18.1 Å². The van der Waals surface area contributed by atoms with Crippen molar-refractivity contribution in [3.05, 3.63) is 17.6 Å². The Morgan fingerprint density at radius 1 is 1.47 bits per heavy atom. The molecular weight excluding hydrogens is 260 g/mol. The summed E-state index contributed by atoms with van der Waals surface area (Å²) in [6.45, 7) is 1.51. The van der Waals surface area contributed by atoms with E-state index in [0.717, 1.165) is 0 Å². The Labute approximate surface area is 109 Å². The number of carbonyl (C=O) groups is 1. The first-order valence-corrected chi connectivity index (χ1v) is 5.56. The maximum atomic E-state index is 11.8. The predicted octanol–water partition coefficient (Wildman–Crippen LogP) is 1.27. The highest BCUT2D eigenvalue weighted by Crippen LogP contribution is 2.06. The average molecular weight is 275 g/mol. The van der Waals surface area contributed by atoms with Gasteiger partial charge < -0.3 is 14.8 Å². The lowest BCUT2D eigenvalue weighted by atomic mass is 10.4. The van der Waals surface area contributed by atoms with Crippen molar-refractivity contribution >= 4 is 11.8 Å². The molecule has 0 spiro atoms. The number of rotatable bonds is 7. The molecule has 1 aromatic rings. The molecule has 1 N–H and O–H groups in total. The molecule has 8 heteroatoms. The fourth-order valence-corrected chi connectivity index (χ4v) is 1.27. The Morgan fingerprint density at radius 3 is 2.84 bits per heavy atom. The fraction of sp³-hybridized carbons (Fsp3) is 0.545. The highest BCUT2D eigenvalue weighted by atomic mass is 19.3. The van der Waals surface area contributed by atoms with Gasteiger partial charge in [0.15, 0.2) is 0 Å². The van der Waals surface area contributed by atoms with Crippen LogP contribution >= 0.6 is 0 Å². The number of hydrogen-bond donors (Lipinski definition) is 1. The van der Waals surface area contributed by atoms with Crippen molar-refractivity contribution in [1.29, 1.82) is 0 Å². The zero-order valence-electron chi connectivity index (χ0n) is 10.7. The van der Waals surface area contributed by atoms with Gasteiger partial charge in [-0.15, -0.1) is 0 Å². The number of esters is 1. The standard InChI is InChI=1S/C11H15F2N3O3/c1-7-5-9(14-3-4-19-6-8(12)13)16-10(15-7)11(17)18-2/h5,8H,3-4,6H2,1-2H3,(H,14,15,16). The van der Waals surface area contributed by atoms with Crippen LogP contribution in [0, 0.1) is 6.92 Å². The zero-order chi connectivity index (χ0) is 14.3. The highest BCUT2D eigenvalue weighted by molar-refractivity contribution is 5.85. The summed E-state index contributed by atoms with van der Waals surface area (Å²) in [6.07, 6.45) is -2.48. The molecule has 0 atom stereocenters. The zero-order valence-corrected chi connectivity index (χ0v) is 10.7. The molecule has 0 saturated carbocycles. The summed E-state index contributed by atoms with van der Waals surface area (Å²) in [5.41, 5.74) is 0.589. The van der Waals surface area contributed by atoms with Gasteiger partial charge in [-0.25, -0.2) is 23.5 Å². The smallest absolute Gasteiger partial charge is 0.376 e. The van der Waals surface area contributed by atoms with Crippen LogP contribution in [0.15, 0.2) is 6.07 Å². The molecule has 0 aliphatic rings. The molecule has 1 heterocycles. The van der Waals surface area contributed by atoms with E-state index in [-0.39, 0.29) is 12.4 Å². The summed E-state index contributed by atoms with van der Waals surface area (Å²) in [6, 6.07) is 1.62. The third kappa shape index (κ3) is 5.56. The number of halogens is 2. The molecule has 0 saturated heterocycles. The minimum atomic E-state index is -2.48. The number of alkyl halides is 2. The molecule has 1 aromatic heterocycles. The van der Waals surface area contributed by atoms with Gasteiger partial charge in [0.05, 0.1) is 13.7 Å². The first-order chi connectivity index (χ1) is 9.02. The van der Waals surface area contributed by atoms with Crippen molar-refractivity contribution < 1.29 is 23.0 Å². The lowest BCUT2D eigenvalue weighted by Crippen LogP contribution is -2.15. The van der Waals surface area contributed by atoms with Crippen LogP contribution in [0.25, 0.3) is 0 Å². The van der Waals surface area contributed by atoms with Gasteiger partial charge in [0.25, 0.3) is 6.43 Å². The van der Waals surface area contributed by atoms with E-state index in [1.165, 1.54) is 7.11 Å². The second kappa shape index (κ2) is 7.57. The van der Waals surface area contributed by atoms with Gasteiger partial charge in [-0.05, 0) is 6.92 Å². The Morgan fingerprint density at radius 2 is 2.21 bits per heavy atom. The van der Waals surface area contributed by atoms with E-state index in [1.54, 1.807) is 13.0 Å². The number of aryl methyl sites for hydroxylation is 1. The average Bonchev–Trinajstić information content (AvgIpc) is 2.36. The summed E-state index contributed by atoms with van der Waals surface area (Å²) in [4.78, 5) is 19.1. The van der Waals surface area contributed by atoms with E-state index in [1.807, 2.05) is 0 Å². The summed E-state index contributed by atoms with van der Waals surface area (Å²) in [7, 11) is 1.24. The van der Waals surface area contributed by atoms with E-state index < -0.39 is 19.0 Å². The minimum Gasteiger partial charge on any atom is -0.463 e. The number of carbonyl (C=O) groups excluding carboxylic acids is 1. The predicted molar refractivity (Wildman–Crippen MR) is 63.4 cm³/mol. The van der Waals surface area contributed by atoms with Crippen molar-refractivity contribution in [2.45, 2.75) is 13.3 Å². The largest absolute Gasteiger partial charge is 0.463 e. The van der Waals surface area contributed by atoms with Gasteiger partial charge in [-0.1, -0.05) is 0 Å². The topological polar surface area (TPSA) is 73.3 Å². The molecule has 19 heavy (non-hydrogen) atoms. The molecule has 0 aliphatic heterocycles. The molecule has 0 aromatic carbocycles. The molecule has 1 rings (SSSR count). The number of nitrogens with one attached hydrogen (secondary N) is 1. The number of methoxy groups -OCH3 is 1. The van der Waals surface area contributed by atoms with Crippen LogP contribution < -0.4 is 5.32 Å². The Bertz CT molecular complexity index is 430. The molecule has 6 nitrogen and oxygen atoms in total. The maximum absolute atomic E-state index is 11.8. The Hall–Kier alpha value is -1.83. The molecule has 0 radical (unpaired) electrons. The van der Waals surface area contributed by atoms with Crippen molar-refractivity contribution in [1.82, 2.24) is 9.97 Å². The van der Waals surface area contributed by atoms with E-state index in [4.69, 9.17) is 4.74 Å². The van der Waals surface area contributed by atoms with Crippen LogP contribution in [0.5, 0.6) is 0 Å². The molecule has 0 unspecified atom stereocenters. The monoisotopic (exact) mass is 275 g/mol. The van der Waals surface area contributed by atoms with Crippen LogP contribution in [0.1, 0.15) is 16.3 Å². The Balaban J connectivity index is 2.49. The number of aromatic nitrogens is 2. The van der Waals surface area contributed by atoms with Crippen molar-refractivity contribution in [3.63, 3.8) is 0 Å². The van der Waals surface area contributed by atoms with E-state index in [9.17, 15) is 13.6 Å². The van der Waals surface area contributed by atoms with Gasteiger partial charge in [0, 0.05) is 18.3 Å². The number of nitrogens with zero attached hydrogens (tertiary/aromatic N) is 2. The SMILES string of the molecule is COC(=O)c1nc(C)cc(NCCOCC(F)F)n1. The van der Waals surface area contributed by atoms with Crippen LogP contribution in [0.3, 0.4) is 0 Å². The van der Waals surface area contributed by atoms with Gasteiger partial charge >= 0.3 is 5.97 Å². The number of anilines is 1. The van der Waals surface area contributed by atoms with Gasteiger partial charge in [0.2, 0.25) is 5.82 Å². The van der Waals surface area contributed by atoms with Gasteiger partial charge in [0.1, 0.15) is 12.4 Å². The first-order valence-electron chi connectivity index (χ1n) is 5.56. The fourth-order valence-electron chi connectivity index (χ4n) is 1.27. The molecule has 0 amide bonds. The summed E-state index contributed by atoms with van der Waals surface area (Å²) in [5.74, 6) is -0.284. The summed E-state index contributed by atoms with van der Waals surface area (Å²) < 4.78 is 32.8. The van der Waals surface area contributed by atoms with Gasteiger partial charge in [-0.3, -0.25) is 0 Å². The van der Waals surface area contributed by atoms with Crippen molar-refractivity contribution in [2.75, 3.05) is 32.2 Å². The molecule has 0 aliphatic carbocycles. The third-order valence-corrected chi connectivity index (χ3v) is 2.02. The lowest BCUT2D eigenvalue weighted by molar-refractivity contribution is 0.0214. The summed E-state index contributed by atoms with van der Waals surface area (Å²) >= 11 is 0. The second-order valence-electron chi connectivity index (χ2n) is 3.60. The van der Waals surface area contributed by atoms with Gasteiger partial charge in [-0.2, -0.15) is 0 Å². The number of hydrogen-bond acceptors (Lipinski definition) is 6. The van der Waals surface area contributed by atoms with Crippen LogP contribution in [0.4, 0.5) is 14.6 Å². The molecule has 106 valence electrons. The summed E-state index contributed by atoms with van der Waals surface area (Å²) in [5, 5.41) is 2.85. The quantitative estimate of drug-likeness (QED) is 0.596. The molecular formula is C11H15F2N3O3. The molecule has 0 bridgehead atoms. The van der Waals surface area contributed by atoms with E-state index >= 15 is 0 Å². The van der Waals surface area contributed by atoms with Crippen molar-refractivity contribution in [2.24, 2.45) is 0 Å². The minimum absolute atomic E-state index is 0.0569. The normalized spacial score (nSPS) is 10.6. The van der Waals surface area contributed by atoms with Crippen molar-refractivity contribution in [3.8, 4) is 0 Å². The lowest BCUT2D eigenvalue weighted by Gasteiger charge is -2.08. The first kappa shape index (κ1) is 15.2. The van der Waals surface area contributed by atoms with Crippen LogP contribution in [-0.4, -0.2) is 49.2 Å². The highest BCUT2D eigenvalue weighted by Gasteiger charge is 2.11. The third-order valence-electron chi connectivity index (χ3n) is 2.02. The maximum Gasteiger partial charge on any atom is 0.376 e. The number of ether oxygens (including phenoxy) is 2.